The molecule has 0 unspecified atom stereocenters. The van der Waals surface area contributed by atoms with Gasteiger partial charge in [0.15, 0.2) is 0 Å². The fourth-order valence-corrected chi connectivity index (χ4v) is 3.52. The van der Waals surface area contributed by atoms with Crippen LogP contribution in [0.3, 0.4) is 0 Å². The summed E-state index contributed by atoms with van der Waals surface area (Å²) in [4.78, 5) is 28.6. The second kappa shape index (κ2) is 9.23. The monoisotopic (exact) mass is 397 g/mol. The lowest BCUT2D eigenvalue weighted by molar-refractivity contribution is -0.136. The van der Waals surface area contributed by atoms with Gasteiger partial charge >= 0.3 is 11.8 Å². The number of benzene rings is 2. The first kappa shape index (κ1) is 19.7. The molecule has 144 valence electrons. The van der Waals surface area contributed by atoms with Crippen molar-refractivity contribution in [2.45, 2.75) is 19.8 Å². The number of aryl methyl sites for hydroxylation is 1. The van der Waals surface area contributed by atoms with Gasteiger partial charge in [-0.3, -0.25) is 9.59 Å². The third-order valence-electron chi connectivity index (χ3n) is 4.16. The van der Waals surface area contributed by atoms with Crippen molar-refractivity contribution in [1.29, 1.82) is 0 Å². The van der Waals surface area contributed by atoms with Gasteiger partial charge in [0.05, 0.1) is 5.69 Å². The highest BCUT2D eigenvalue weighted by molar-refractivity contribution is 7.13. The Hall–Kier alpha value is -3.06. The predicted molar refractivity (Wildman–Crippen MR) is 109 cm³/mol. The second-order valence-corrected chi connectivity index (χ2v) is 6.98. The number of carbonyl (C=O) groups is 2. The minimum atomic E-state index is -0.689. The molecule has 0 radical (unpaired) electrons. The molecule has 0 aliphatic heterocycles. The van der Waals surface area contributed by atoms with Gasteiger partial charge in [-0.15, -0.1) is 11.3 Å². The molecule has 5 nitrogen and oxygen atoms in total. The Kier molecular flexibility index (Phi) is 6.49. The number of rotatable bonds is 6. The van der Waals surface area contributed by atoms with Crippen LogP contribution in [0.2, 0.25) is 0 Å². The number of amides is 2. The van der Waals surface area contributed by atoms with E-state index in [9.17, 15) is 14.0 Å². The summed E-state index contributed by atoms with van der Waals surface area (Å²) >= 11 is 1.45. The fraction of sp³-hybridized carbons (Fsp3) is 0.190. The lowest BCUT2D eigenvalue weighted by Crippen LogP contribution is -2.36. The Morgan fingerprint density at radius 1 is 1.07 bits per heavy atom. The summed E-state index contributed by atoms with van der Waals surface area (Å²) in [5.41, 5.74) is 3.27. The van der Waals surface area contributed by atoms with E-state index in [1.165, 1.54) is 23.5 Å². The average molecular weight is 397 g/mol. The van der Waals surface area contributed by atoms with E-state index in [2.05, 4.69) is 15.6 Å². The Balaban J connectivity index is 1.50. The summed E-state index contributed by atoms with van der Waals surface area (Å²) < 4.78 is 13.0. The van der Waals surface area contributed by atoms with E-state index in [1.807, 2.05) is 30.5 Å². The number of para-hydroxylation sites is 1. The van der Waals surface area contributed by atoms with Gasteiger partial charge in [-0.2, -0.15) is 0 Å². The topological polar surface area (TPSA) is 71.1 Å². The smallest absolute Gasteiger partial charge is 0.313 e. The molecule has 3 rings (SSSR count). The Morgan fingerprint density at radius 3 is 2.57 bits per heavy atom. The molecule has 3 aromatic rings. The van der Waals surface area contributed by atoms with Crippen LogP contribution in [-0.2, 0) is 22.4 Å². The molecule has 1 heterocycles. The molecule has 2 aromatic carbocycles. The highest BCUT2D eigenvalue weighted by Crippen LogP contribution is 2.24. The van der Waals surface area contributed by atoms with Crippen LogP contribution in [0.5, 0.6) is 0 Å². The number of halogens is 1. The van der Waals surface area contributed by atoms with Crippen molar-refractivity contribution in [2.75, 3.05) is 11.9 Å². The minimum absolute atomic E-state index is 0.289. The molecule has 0 fully saturated rings. The van der Waals surface area contributed by atoms with Crippen LogP contribution < -0.4 is 10.6 Å². The van der Waals surface area contributed by atoms with Crippen molar-refractivity contribution >= 4 is 28.8 Å². The second-order valence-electron chi connectivity index (χ2n) is 6.12. The number of thiazole rings is 1. The third kappa shape index (κ3) is 5.01. The van der Waals surface area contributed by atoms with Crippen molar-refractivity contribution in [3.05, 3.63) is 71.0 Å². The van der Waals surface area contributed by atoms with Crippen LogP contribution in [0.15, 0.2) is 53.9 Å². The van der Waals surface area contributed by atoms with E-state index >= 15 is 0 Å². The molecule has 0 atom stereocenters. The summed E-state index contributed by atoms with van der Waals surface area (Å²) in [5.74, 6) is -1.66. The van der Waals surface area contributed by atoms with E-state index in [1.54, 1.807) is 18.2 Å². The molecule has 2 N–H and O–H groups in total. The molecular weight excluding hydrogens is 377 g/mol. The van der Waals surface area contributed by atoms with Crippen molar-refractivity contribution in [1.82, 2.24) is 10.3 Å². The SMILES string of the molecule is CCc1ccccc1NC(=O)C(=O)NCCc1csc(-c2ccc(F)cc2)n1. The first-order chi connectivity index (χ1) is 13.6. The maximum Gasteiger partial charge on any atom is 0.313 e. The van der Waals surface area contributed by atoms with Gasteiger partial charge in [0.2, 0.25) is 0 Å². The summed E-state index contributed by atoms with van der Waals surface area (Å²) in [6, 6.07) is 13.5. The normalized spacial score (nSPS) is 10.5. The van der Waals surface area contributed by atoms with Crippen LogP contribution in [0, 0.1) is 5.82 Å². The van der Waals surface area contributed by atoms with Crippen molar-refractivity contribution in [3.63, 3.8) is 0 Å². The zero-order valence-electron chi connectivity index (χ0n) is 15.4. The van der Waals surface area contributed by atoms with Gasteiger partial charge in [-0.05, 0) is 42.3 Å². The number of hydrogen-bond acceptors (Lipinski definition) is 4. The number of anilines is 1. The summed E-state index contributed by atoms with van der Waals surface area (Å²) in [6.45, 7) is 2.29. The molecule has 0 saturated carbocycles. The van der Waals surface area contributed by atoms with Crippen molar-refractivity contribution < 1.29 is 14.0 Å². The van der Waals surface area contributed by atoms with E-state index in [-0.39, 0.29) is 5.82 Å². The molecular formula is C21H20FN3O2S. The quantitative estimate of drug-likeness (QED) is 0.622. The fourth-order valence-electron chi connectivity index (χ4n) is 2.66. The van der Waals surface area contributed by atoms with Gasteiger partial charge in [0.1, 0.15) is 10.8 Å². The zero-order valence-corrected chi connectivity index (χ0v) is 16.2. The van der Waals surface area contributed by atoms with Crippen LogP contribution in [0.1, 0.15) is 18.2 Å². The lowest BCUT2D eigenvalue weighted by Gasteiger charge is -2.09. The van der Waals surface area contributed by atoms with Gasteiger partial charge in [0.25, 0.3) is 0 Å². The molecule has 0 saturated heterocycles. The Bertz CT molecular complexity index is 970. The summed E-state index contributed by atoms with van der Waals surface area (Å²) in [5, 5.41) is 7.93. The third-order valence-corrected chi connectivity index (χ3v) is 5.10. The number of hydrogen-bond donors (Lipinski definition) is 2. The molecule has 1 aromatic heterocycles. The Labute approximate surface area is 166 Å². The maximum absolute atomic E-state index is 13.0. The zero-order chi connectivity index (χ0) is 19.9. The average Bonchev–Trinajstić information content (AvgIpc) is 3.17. The highest BCUT2D eigenvalue weighted by atomic mass is 32.1. The van der Waals surface area contributed by atoms with Crippen molar-refractivity contribution in [2.24, 2.45) is 0 Å². The molecule has 2 amide bonds. The number of aromatic nitrogens is 1. The lowest BCUT2D eigenvalue weighted by atomic mass is 10.1. The molecule has 0 aliphatic carbocycles. The van der Waals surface area contributed by atoms with Crippen LogP contribution >= 0.6 is 11.3 Å². The van der Waals surface area contributed by atoms with Gasteiger partial charge < -0.3 is 10.6 Å². The highest BCUT2D eigenvalue weighted by Gasteiger charge is 2.14. The summed E-state index contributed by atoms with van der Waals surface area (Å²) in [7, 11) is 0. The van der Waals surface area contributed by atoms with Gasteiger partial charge in [0, 0.05) is 29.6 Å². The summed E-state index contributed by atoms with van der Waals surface area (Å²) in [6.07, 6.45) is 1.26. The maximum atomic E-state index is 13.0. The van der Waals surface area contributed by atoms with E-state index in [0.717, 1.165) is 28.2 Å². The molecule has 0 spiro atoms. The molecule has 0 aliphatic rings. The van der Waals surface area contributed by atoms with Crippen LogP contribution in [0.25, 0.3) is 10.6 Å². The van der Waals surface area contributed by atoms with Crippen molar-refractivity contribution in [3.8, 4) is 10.6 Å². The largest absolute Gasteiger partial charge is 0.347 e. The molecule has 7 heteroatoms. The van der Waals surface area contributed by atoms with Crippen LogP contribution in [0.4, 0.5) is 10.1 Å². The molecule has 28 heavy (non-hydrogen) atoms. The standard InChI is InChI=1S/C21H20FN3O2S/c1-2-14-5-3-4-6-18(14)25-20(27)19(26)23-12-11-17-13-28-21(24-17)15-7-9-16(22)10-8-15/h3-10,13H,2,11-12H2,1H3,(H,23,26)(H,25,27). The van der Waals surface area contributed by atoms with E-state index in [4.69, 9.17) is 0 Å². The van der Waals surface area contributed by atoms with E-state index in [0.29, 0.717) is 18.7 Å². The predicted octanol–water partition coefficient (Wildman–Crippen LogP) is 3.81. The minimum Gasteiger partial charge on any atom is -0.347 e. The van der Waals surface area contributed by atoms with E-state index < -0.39 is 11.8 Å². The first-order valence-electron chi connectivity index (χ1n) is 8.94. The van der Waals surface area contributed by atoms with Gasteiger partial charge in [-0.1, -0.05) is 25.1 Å². The van der Waals surface area contributed by atoms with Crippen LogP contribution in [-0.4, -0.2) is 23.3 Å². The molecule has 0 bridgehead atoms. The number of carbonyl (C=O) groups excluding carboxylic acids is 2. The first-order valence-corrected chi connectivity index (χ1v) is 9.82. The van der Waals surface area contributed by atoms with Gasteiger partial charge in [-0.25, -0.2) is 9.37 Å². The number of nitrogens with zero attached hydrogens (tertiary/aromatic N) is 1. The number of nitrogens with one attached hydrogen (secondary N) is 2. The Morgan fingerprint density at radius 2 is 1.82 bits per heavy atom.